The van der Waals surface area contributed by atoms with Crippen molar-refractivity contribution in [1.82, 2.24) is 0 Å². The number of carbonyl (C=O) groups is 1. The molecule has 0 aromatic carbocycles. The maximum atomic E-state index is 9.96. The molecule has 0 aliphatic rings. The van der Waals surface area contributed by atoms with Crippen LogP contribution in [-0.4, -0.2) is 12.3 Å². The minimum absolute atomic E-state index is 0.157. The van der Waals surface area contributed by atoms with Crippen LogP contribution in [0.1, 0.15) is 13.8 Å². The topological polar surface area (TPSA) is 21.4 Å². The van der Waals surface area contributed by atoms with Crippen molar-refractivity contribution in [3.05, 3.63) is 11.4 Å². The van der Waals surface area contributed by atoms with Crippen molar-refractivity contribution >= 4 is 6.29 Å². The molecule has 44 valence electrons. The smallest absolute Gasteiger partial charge is 0.280 e. The van der Waals surface area contributed by atoms with Crippen molar-refractivity contribution in [1.29, 1.82) is 0 Å². The SMILES string of the molecule is [C-]#[N+]C(C=O)C(C)C. The van der Waals surface area contributed by atoms with Gasteiger partial charge in [-0.1, -0.05) is 13.8 Å². The van der Waals surface area contributed by atoms with Gasteiger partial charge in [0.2, 0.25) is 6.29 Å². The molecule has 0 aliphatic heterocycles. The monoisotopic (exact) mass is 111 g/mol. The van der Waals surface area contributed by atoms with Gasteiger partial charge in [-0.3, -0.25) is 4.79 Å². The van der Waals surface area contributed by atoms with E-state index in [9.17, 15) is 4.79 Å². The number of rotatable bonds is 2. The average Bonchev–Trinajstić information content (AvgIpc) is 1.69. The lowest BCUT2D eigenvalue weighted by Crippen LogP contribution is -2.11. The van der Waals surface area contributed by atoms with Crippen molar-refractivity contribution in [2.75, 3.05) is 0 Å². The summed E-state index contributed by atoms with van der Waals surface area (Å²) in [5, 5.41) is 0. The van der Waals surface area contributed by atoms with Gasteiger partial charge < -0.3 is 4.85 Å². The van der Waals surface area contributed by atoms with E-state index in [0.29, 0.717) is 6.29 Å². The first-order chi connectivity index (χ1) is 3.72. The fourth-order valence-electron chi connectivity index (χ4n) is 0.337. The maximum Gasteiger partial charge on any atom is 0.280 e. The molecule has 0 bridgehead atoms. The standard InChI is InChI=1S/C6H9NO/c1-5(2)6(4-8)7-3/h4-6H,1-2H3. The third-order valence-corrected chi connectivity index (χ3v) is 0.972. The molecule has 1 atom stereocenters. The van der Waals surface area contributed by atoms with Crippen LogP contribution < -0.4 is 0 Å². The molecule has 0 aromatic heterocycles. The highest BCUT2D eigenvalue weighted by molar-refractivity contribution is 5.60. The van der Waals surface area contributed by atoms with Gasteiger partial charge in [-0.05, 0) is 0 Å². The maximum absolute atomic E-state index is 9.96. The van der Waals surface area contributed by atoms with Crippen LogP contribution in [0, 0.1) is 12.5 Å². The summed E-state index contributed by atoms with van der Waals surface area (Å²) < 4.78 is 0. The predicted molar refractivity (Wildman–Crippen MR) is 31.3 cm³/mol. The lowest BCUT2D eigenvalue weighted by atomic mass is 10.1. The van der Waals surface area contributed by atoms with E-state index in [-0.39, 0.29) is 5.92 Å². The van der Waals surface area contributed by atoms with Crippen LogP contribution in [-0.2, 0) is 4.79 Å². The highest BCUT2D eigenvalue weighted by atomic mass is 16.1. The second-order valence-corrected chi connectivity index (χ2v) is 2.00. The molecule has 0 aliphatic carbocycles. The summed E-state index contributed by atoms with van der Waals surface area (Å²) >= 11 is 0. The second-order valence-electron chi connectivity index (χ2n) is 2.00. The van der Waals surface area contributed by atoms with Gasteiger partial charge in [-0.25, -0.2) is 6.57 Å². The Kier molecular flexibility index (Phi) is 2.86. The lowest BCUT2D eigenvalue weighted by Gasteiger charge is -1.97. The van der Waals surface area contributed by atoms with Crippen LogP contribution in [0.3, 0.4) is 0 Å². The molecule has 0 saturated heterocycles. The van der Waals surface area contributed by atoms with Crippen molar-refractivity contribution in [2.45, 2.75) is 19.9 Å². The molecular formula is C6H9NO. The summed E-state index contributed by atoms with van der Waals surface area (Å²) in [4.78, 5) is 13.1. The van der Waals surface area contributed by atoms with Crippen LogP contribution >= 0.6 is 0 Å². The van der Waals surface area contributed by atoms with Gasteiger partial charge in [0.25, 0.3) is 6.04 Å². The Bertz CT molecular complexity index is 112. The molecule has 0 radical (unpaired) electrons. The molecule has 0 fully saturated rings. The third kappa shape index (κ3) is 1.74. The third-order valence-electron chi connectivity index (χ3n) is 0.972. The number of hydrogen-bond acceptors (Lipinski definition) is 1. The number of aldehydes is 1. The highest BCUT2D eigenvalue weighted by Gasteiger charge is 2.14. The summed E-state index contributed by atoms with van der Waals surface area (Å²) in [6, 6.07) is -0.435. The summed E-state index contributed by atoms with van der Waals surface area (Å²) in [5.74, 6) is 0.157. The Hall–Kier alpha value is -0.840. The Labute approximate surface area is 49.3 Å². The Morgan fingerprint density at radius 1 is 1.62 bits per heavy atom. The van der Waals surface area contributed by atoms with Gasteiger partial charge in [0, 0.05) is 5.92 Å². The number of carbonyl (C=O) groups excluding carboxylic acids is 1. The average molecular weight is 111 g/mol. The van der Waals surface area contributed by atoms with E-state index < -0.39 is 6.04 Å². The van der Waals surface area contributed by atoms with Crippen molar-refractivity contribution in [3.8, 4) is 0 Å². The first-order valence-corrected chi connectivity index (χ1v) is 2.54. The van der Waals surface area contributed by atoms with Gasteiger partial charge in [-0.15, -0.1) is 0 Å². The second kappa shape index (κ2) is 3.20. The molecule has 1 unspecified atom stereocenters. The zero-order chi connectivity index (χ0) is 6.57. The number of nitrogens with zero attached hydrogens (tertiary/aromatic N) is 1. The minimum atomic E-state index is -0.435. The Morgan fingerprint density at radius 3 is 2.12 bits per heavy atom. The van der Waals surface area contributed by atoms with E-state index in [1.165, 1.54) is 0 Å². The van der Waals surface area contributed by atoms with Crippen molar-refractivity contribution in [3.63, 3.8) is 0 Å². The molecule has 2 heteroatoms. The molecule has 0 amide bonds. The fourth-order valence-corrected chi connectivity index (χ4v) is 0.337. The summed E-state index contributed by atoms with van der Waals surface area (Å²) in [6.07, 6.45) is 0.692. The van der Waals surface area contributed by atoms with Gasteiger partial charge in [0.1, 0.15) is 0 Å². The van der Waals surface area contributed by atoms with Crippen molar-refractivity contribution < 1.29 is 4.79 Å². The largest absolute Gasteiger partial charge is 0.305 e. The molecule has 0 saturated carbocycles. The van der Waals surface area contributed by atoms with Crippen LogP contribution in [0.4, 0.5) is 0 Å². The molecule has 0 aromatic rings. The first kappa shape index (κ1) is 7.16. The lowest BCUT2D eigenvalue weighted by molar-refractivity contribution is -0.108. The highest BCUT2D eigenvalue weighted by Crippen LogP contribution is 2.01. The normalized spacial score (nSPS) is 12.8. The Balaban J connectivity index is 3.74. The fraction of sp³-hybridized carbons (Fsp3) is 0.667. The van der Waals surface area contributed by atoms with Crippen LogP contribution in [0.25, 0.3) is 4.85 Å². The molecular weight excluding hydrogens is 102 g/mol. The molecule has 0 rings (SSSR count). The van der Waals surface area contributed by atoms with E-state index in [2.05, 4.69) is 4.85 Å². The van der Waals surface area contributed by atoms with Gasteiger partial charge in [0.05, 0.1) is 0 Å². The molecule has 2 nitrogen and oxygen atoms in total. The summed E-state index contributed by atoms with van der Waals surface area (Å²) in [5.41, 5.74) is 0. The van der Waals surface area contributed by atoms with E-state index in [1.54, 1.807) is 0 Å². The van der Waals surface area contributed by atoms with Crippen molar-refractivity contribution in [2.24, 2.45) is 5.92 Å². The summed E-state index contributed by atoms with van der Waals surface area (Å²) in [6.45, 7) is 10.2. The van der Waals surface area contributed by atoms with Crippen LogP contribution in [0.15, 0.2) is 0 Å². The van der Waals surface area contributed by atoms with E-state index in [1.807, 2.05) is 13.8 Å². The predicted octanol–water partition coefficient (Wildman–Crippen LogP) is 1.13. The minimum Gasteiger partial charge on any atom is -0.305 e. The molecule has 0 heterocycles. The van der Waals surface area contributed by atoms with Crippen LogP contribution in [0.5, 0.6) is 0 Å². The van der Waals surface area contributed by atoms with Gasteiger partial charge in [-0.2, -0.15) is 0 Å². The van der Waals surface area contributed by atoms with E-state index in [4.69, 9.17) is 6.57 Å². The zero-order valence-corrected chi connectivity index (χ0v) is 5.09. The van der Waals surface area contributed by atoms with E-state index in [0.717, 1.165) is 0 Å². The van der Waals surface area contributed by atoms with Gasteiger partial charge >= 0.3 is 0 Å². The Morgan fingerprint density at radius 2 is 2.12 bits per heavy atom. The summed E-state index contributed by atoms with van der Waals surface area (Å²) in [7, 11) is 0. The molecule has 0 N–H and O–H groups in total. The quantitative estimate of drug-likeness (QED) is 0.386. The first-order valence-electron chi connectivity index (χ1n) is 2.54. The van der Waals surface area contributed by atoms with E-state index >= 15 is 0 Å². The van der Waals surface area contributed by atoms with Gasteiger partial charge in [0.15, 0.2) is 0 Å². The molecule has 0 spiro atoms. The van der Waals surface area contributed by atoms with Crippen LogP contribution in [0.2, 0.25) is 0 Å². The molecule has 8 heavy (non-hydrogen) atoms. The number of hydrogen-bond donors (Lipinski definition) is 0. The zero-order valence-electron chi connectivity index (χ0n) is 5.09.